The number of carboxylic acid groups (broad SMARTS) is 1. The van der Waals surface area contributed by atoms with Crippen LogP contribution in [0, 0.1) is 0 Å². The average molecular weight is 553 g/mol. The van der Waals surface area contributed by atoms with Crippen molar-refractivity contribution in [2.24, 2.45) is 0 Å². The number of amides is 2. The smallest absolute Gasteiger partial charge is 0.420 e. The normalized spacial score (nSPS) is 19.3. The Kier molecular flexibility index (Phi) is 7.85. The van der Waals surface area contributed by atoms with E-state index >= 15 is 0 Å². The molecule has 0 spiro atoms. The number of carbonyl (C=O) groups is 3. The minimum atomic E-state index is -4.75. The molecule has 37 heavy (non-hydrogen) atoms. The van der Waals surface area contributed by atoms with Crippen molar-refractivity contribution in [2.75, 3.05) is 19.8 Å². The first kappa shape index (κ1) is 26.6. The highest BCUT2D eigenvalue weighted by Gasteiger charge is 2.36. The van der Waals surface area contributed by atoms with E-state index in [1.165, 1.54) is 24.3 Å². The number of ether oxygens (including phenoxy) is 2. The maximum absolute atomic E-state index is 13.8. The minimum Gasteiger partial charge on any atom is -0.480 e. The fourth-order valence-corrected chi connectivity index (χ4v) is 4.95. The van der Waals surface area contributed by atoms with Crippen LogP contribution in [0.4, 0.5) is 13.2 Å². The van der Waals surface area contributed by atoms with Gasteiger partial charge in [0.1, 0.15) is 29.0 Å². The van der Waals surface area contributed by atoms with E-state index in [1.54, 1.807) is 12.1 Å². The molecular formula is C24H19F3N2O6S2. The summed E-state index contributed by atoms with van der Waals surface area (Å²) in [5.74, 6) is -2.40. The predicted octanol–water partition coefficient (Wildman–Crippen LogP) is 3.84. The number of hydrogen-bond donors (Lipinski definition) is 2. The molecule has 2 aliphatic heterocycles. The lowest BCUT2D eigenvalue weighted by molar-refractivity contribution is -0.140. The van der Waals surface area contributed by atoms with Crippen LogP contribution < -0.4 is 10.1 Å². The van der Waals surface area contributed by atoms with Gasteiger partial charge in [-0.2, -0.15) is 13.2 Å². The molecule has 1 unspecified atom stereocenters. The third-order valence-corrected chi connectivity index (χ3v) is 6.70. The molecule has 2 aromatic rings. The number of thioether (sulfide) groups is 1. The van der Waals surface area contributed by atoms with Crippen LogP contribution >= 0.6 is 24.0 Å². The van der Waals surface area contributed by atoms with Gasteiger partial charge in [-0.25, -0.2) is 0 Å². The number of morpholine rings is 1. The predicted molar refractivity (Wildman–Crippen MR) is 132 cm³/mol. The summed E-state index contributed by atoms with van der Waals surface area (Å²) in [4.78, 5) is 35.7. The van der Waals surface area contributed by atoms with E-state index in [0.717, 1.165) is 34.4 Å². The van der Waals surface area contributed by atoms with Crippen molar-refractivity contribution >= 4 is 52.2 Å². The van der Waals surface area contributed by atoms with Gasteiger partial charge in [-0.15, -0.1) is 0 Å². The number of thiocarbonyl (C=S) groups is 1. The molecule has 2 heterocycles. The van der Waals surface area contributed by atoms with Crippen molar-refractivity contribution < 1.29 is 42.1 Å². The molecule has 1 atom stereocenters. The van der Waals surface area contributed by atoms with Gasteiger partial charge in [0.15, 0.2) is 0 Å². The van der Waals surface area contributed by atoms with Gasteiger partial charge in [-0.3, -0.25) is 19.3 Å². The van der Waals surface area contributed by atoms with Crippen LogP contribution in [-0.4, -0.2) is 57.9 Å². The molecule has 2 N–H and O–H groups in total. The fraction of sp³-hybridized carbons (Fsp3) is 0.250. The Balaban J connectivity index is 1.51. The molecule has 13 heteroatoms. The van der Waals surface area contributed by atoms with Gasteiger partial charge >= 0.3 is 12.1 Å². The SMILES string of the molecule is O=C(O)CN1C(=O)C(=Cc2ccc(Oc3ccc(CC4COCC(=O)N4)cc3)c(C(F)(F)F)c2)SC1=S. The summed E-state index contributed by atoms with van der Waals surface area (Å²) in [5, 5.41) is 11.7. The van der Waals surface area contributed by atoms with E-state index in [4.69, 9.17) is 26.8 Å². The van der Waals surface area contributed by atoms with Gasteiger partial charge in [0, 0.05) is 0 Å². The van der Waals surface area contributed by atoms with Crippen LogP contribution in [0.1, 0.15) is 16.7 Å². The molecule has 2 amide bonds. The van der Waals surface area contributed by atoms with E-state index in [2.05, 4.69) is 5.32 Å². The zero-order valence-electron chi connectivity index (χ0n) is 18.9. The van der Waals surface area contributed by atoms with E-state index in [-0.39, 0.29) is 39.1 Å². The number of nitrogens with one attached hydrogen (secondary N) is 1. The molecule has 2 saturated heterocycles. The topological polar surface area (TPSA) is 105 Å². The molecule has 0 radical (unpaired) electrons. The minimum absolute atomic E-state index is 0.0106. The largest absolute Gasteiger partial charge is 0.480 e. The standard InChI is InChI=1S/C24H19F3N2O6S2/c25-24(26,27)17-8-14(9-19-22(33)29(10-21(31)32)23(36)37-19)3-6-18(17)35-16-4-1-13(2-5-16)7-15-11-34-12-20(30)28-15/h1-6,8-9,15H,7,10-12H2,(H,28,30)(H,31,32). The van der Waals surface area contributed by atoms with Crippen molar-refractivity contribution in [3.63, 3.8) is 0 Å². The summed E-state index contributed by atoms with van der Waals surface area (Å²) in [7, 11) is 0. The molecule has 2 aliphatic rings. The maximum Gasteiger partial charge on any atom is 0.420 e. The van der Waals surface area contributed by atoms with Crippen molar-refractivity contribution in [1.82, 2.24) is 10.2 Å². The molecule has 0 saturated carbocycles. The lowest BCUT2D eigenvalue weighted by atomic mass is 10.1. The second-order valence-corrected chi connectivity index (χ2v) is 9.82. The average Bonchev–Trinajstić information content (AvgIpc) is 3.07. The van der Waals surface area contributed by atoms with Crippen molar-refractivity contribution in [3.8, 4) is 11.5 Å². The fourth-order valence-electron chi connectivity index (χ4n) is 3.69. The number of carbonyl (C=O) groups excluding carboxylic acids is 2. The zero-order chi connectivity index (χ0) is 26.7. The van der Waals surface area contributed by atoms with Gasteiger partial charge in [-0.05, 0) is 47.9 Å². The van der Waals surface area contributed by atoms with Gasteiger partial charge in [0.25, 0.3) is 5.91 Å². The lowest BCUT2D eigenvalue weighted by Gasteiger charge is -2.23. The molecule has 0 aromatic heterocycles. The summed E-state index contributed by atoms with van der Waals surface area (Å²) in [6, 6.07) is 9.60. The van der Waals surface area contributed by atoms with E-state index in [0.29, 0.717) is 13.0 Å². The number of aliphatic carboxylic acids is 1. The third-order valence-electron chi connectivity index (χ3n) is 5.32. The quantitative estimate of drug-likeness (QED) is 0.395. The zero-order valence-corrected chi connectivity index (χ0v) is 20.5. The lowest BCUT2D eigenvalue weighted by Crippen LogP contribution is -2.46. The number of nitrogens with zero attached hydrogens (tertiary/aromatic N) is 1. The van der Waals surface area contributed by atoms with Crippen LogP contribution in [0.3, 0.4) is 0 Å². The Bertz CT molecular complexity index is 1280. The molecule has 2 aromatic carbocycles. The summed E-state index contributed by atoms with van der Waals surface area (Å²) >= 11 is 5.82. The number of alkyl halides is 3. The van der Waals surface area contributed by atoms with Crippen LogP contribution in [0.2, 0.25) is 0 Å². The third kappa shape index (κ3) is 6.67. The number of carboxylic acids is 1. The van der Waals surface area contributed by atoms with Crippen LogP contribution in [0.25, 0.3) is 6.08 Å². The molecule has 0 aliphatic carbocycles. The monoisotopic (exact) mass is 552 g/mol. The number of benzene rings is 2. The number of rotatable bonds is 7. The molecule has 194 valence electrons. The first-order valence-electron chi connectivity index (χ1n) is 10.8. The van der Waals surface area contributed by atoms with Crippen molar-refractivity contribution in [3.05, 3.63) is 64.1 Å². The Morgan fingerprint density at radius 1 is 1.24 bits per heavy atom. The summed E-state index contributed by atoms with van der Waals surface area (Å²) in [5.41, 5.74) is -0.134. The molecule has 0 bridgehead atoms. The van der Waals surface area contributed by atoms with Crippen LogP contribution in [0.15, 0.2) is 47.4 Å². The summed E-state index contributed by atoms with van der Waals surface area (Å²) in [6.07, 6.45) is -3.03. The molecule has 8 nitrogen and oxygen atoms in total. The maximum atomic E-state index is 13.8. The Morgan fingerprint density at radius 3 is 2.62 bits per heavy atom. The van der Waals surface area contributed by atoms with Crippen molar-refractivity contribution in [2.45, 2.75) is 18.6 Å². The summed E-state index contributed by atoms with van der Waals surface area (Å²) in [6.45, 7) is -0.244. The second kappa shape index (κ2) is 10.9. The highest BCUT2D eigenvalue weighted by atomic mass is 32.2. The summed E-state index contributed by atoms with van der Waals surface area (Å²) < 4.78 is 52.2. The molecular weight excluding hydrogens is 533 g/mol. The van der Waals surface area contributed by atoms with Crippen LogP contribution in [-0.2, 0) is 31.7 Å². The first-order valence-corrected chi connectivity index (χ1v) is 12.0. The number of hydrogen-bond acceptors (Lipinski definition) is 7. The number of halogens is 3. The van der Waals surface area contributed by atoms with Gasteiger partial charge in [-0.1, -0.05) is 42.2 Å². The Labute approximate surface area is 218 Å². The van der Waals surface area contributed by atoms with E-state index in [1.807, 2.05) is 0 Å². The van der Waals surface area contributed by atoms with Gasteiger partial charge in [0.05, 0.1) is 23.1 Å². The van der Waals surface area contributed by atoms with E-state index < -0.39 is 35.9 Å². The van der Waals surface area contributed by atoms with E-state index in [9.17, 15) is 27.6 Å². The molecule has 4 rings (SSSR count). The highest BCUT2D eigenvalue weighted by Crippen LogP contribution is 2.40. The van der Waals surface area contributed by atoms with Crippen molar-refractivity contribution in [1.29, 1.82) is 0 Å². The highest BCUT2D eigenvalue weighted by molar-refractivity contribution is 8.26. The van der Waals surface area contributed by atoms with Gasteiger partial charge in [0.2, 0.25) is 5.91 Å². The molecule has 2 fully saturated rings. The van der Waals surface area contributed by atoms with Gasteiger partial charge < -0.3 is 19.9 Å². The van der Waals surface area contributed by atoms with Crippen LogP contribution in [0.5, 0.6) is 11.5 Å². The Hall–Kier alpha value is -3.42. The Morgan fingerprint density at radius 2 is 1.97 bits per heavy atom. The second-order valence-electron chi connectivity index (χ2n) is 8.14. The first-order chi connectivity index (χ1) is 17.5.